The lowest BCUT2D eigenvalue weighted by atomic mass is 10.0. The van der Waals surface area contributed by atoms with Crippen LogP contribution in [0.4, 0.5) is 11.4 Å². The number of hydrogen-bond donors (Lipinski definition) is 1. The Bertz CT molecular complexity index is 3110. The third-order valence-corrected chi connectivity index (χ3v) is 13.8. The Morgan fingerprint density at radius 3 is 1.67 bits per heavy atom. The van der Waals surface area contributed by atoms with Gasteiger partial charge in [0, 0.05) is 74.2 Å². The van der Waals surface area contributed by atoms with Gasteiger partial charge >= 0.3 is 0 Å². The van der Waals surface area contributed by atoms with Gasteiger partial charge in [0.2, 0.25) is 5.91 Å². The molecule has 5 aliphatic rings. The van der Waals surface area contributed by atoms with Gasteiger partial charge in [-0.3, -0.25) is 38.9 Å². The summed E-state index contributed by atoms with van der Waals surface area (Å²) >= 11 is 0. The van der Waals surface area contributed by atoms with E-state index < -0.39 is 11.8 Å². The molecule has 0 saturated carbocycles. The molecule has 1 N–H and O–H groups in total. The number of nitrogens with zero attached hydrogens (tertiary/aromatic N) is 8. The Morgan fingerprint density at radius 1 is 0.598 bits per heavy atom. The van der Waals surface area contributed by atoms with Gasteiger partial charge in [0.1, 0.15) is 24.7 Å². The van der Waals surface area contributed by atoms with Crippen LogP contribution in [0.1, 0.15) is 70.5 Å². The van der Waals surface area contributed by atoms with E-state index in [9.17, 15) is 24.0 Å². The Morgan fingerprint density at radius 2 is 1.11 bits per heavy atom. The zero-order valence-corrected chi connectivity index (χ0v) is 46.7. The van der Waals surface area contributed by atoms with Crippen molar-refractivity contribution in [2.45, 2.75) is 71.9 Å². The number of methoxy groups -OCH3 is 1. The van der Waals surface area contributed by atoms with Crippen molar-refractivity contribution >= 4 is 53.3 Å². The quantitative estimate of drug-likeness (QED) is 0.0461. The Kier molecular flexibility index (Phi) is 20.5. The second kappa shape index (κ2) is 28.7. The molecule has 23 nitrogen and oxygen atoms in total. The first-order valence-electron chi connectivity index (χ1n) is 27.4. The molecule has 0 saturated heterocycles. The maximum atomic E-state index is 13.6. The van der Waals surface area contributed by atoms with Gasteiger partial charge in [-0.15, -0.1) is 5.10 Å². The van der Waals surface area contributed by atoms with Gasteiger partial charge in [-0.2, -0.15) is 0 Å². The minimum absolute atomic E-state index is 0.0338. The van der Waals surface area contributed by atoms with Crippen molar-refractivity contribution in [3.05, 3.63) is 112 Å². The molecule has 4 aromatic rings. The number of benzene rings is 3. The van der Waals surface area contributed by atoms with E-state index in [0.29, 0.717) is 138 Å². The van der Waals surface area contributed by atoms with E-state index in [4.69, 9.17) is 52.6 Å². The molecule has 434 valence electrons. The summed E-state index contributed by atoms with van der Waals surface area (Å²) in [5.74, 6) is 0.123. The molecule has 9 rings (SSSR count). The fourth-order valence-electron chi connectivity index (χ4n) is 9.63. The highest BCUT2D eigenvalue weighted by Crippen LogP contribution is 2.40. The maximum absolute atomic E-state index is 13.6. The average molecular weight is 1130 g/mol. The predicted molar refractivity (Wildman–Crippen MR) is 300 cm³/mol. The summed E-state index contributed by atoms with van der Waals surface area (Å²) in [4.78, 5) is 76.2. The van der Waals surface area contributed by atoms with Crippen molar-refractivity contribution < 1.29 is 66.6 Å². The summed E-state index contributed by atoms with van der Waals surface area (Å²) in [6.45, 7) is 11.7. The number of hydrogen-bond acceptors (Lipinski definition) is 18. The van der Waals surface area contributed by atoms with Crippen LogP contribution >= 0.6 is 0 Å². The smallest absolute Gasteiger partial charge is 0.260 e. The third kappa shape index (κ3) is 15.5. The van der Waals surface area contributed by atoms with Crippen LogP contribution in [-0.4, -0.2) is 183 Å². The molecule has 82 heavy (non-hydrogen) atoms. The molecule has 0 bridgehead atoms. The van der Waals surface area contributed by atoms with Crippen molar-refractivity contribution in [3.63, 3.8) is 0 Å². The molecule has 2 atom stereocenters. The highest BCUT2D eigenvalue weighted by molar-refractivity contribution is 6.13. The molecule has 0 radical (unpaired) electrons. The molecule has 3 aromatic carbocycles. The van der Waals surface area contributed by atoms with Crippen LogP contribution in [0.25, 0.3) is 11.3 Å². The number of imide groups is 1. The van der Waals surface area contributed by atoms with Crippen LogP contribution in [0.3, 0.4) is 0 Å². The molecule has 0 aliphatic carbocycles. The number of carbonyl (C=O) groups is 5. The average Bonchev–Trinajstić information content (AvgIpc) is 4.22. The van der Waals surface area contributed by atoms with Gasteiger partial charge in [0.05, 0.1) is 134 Å². The number of aryl methyl sites for hydroxylation is 1. The molecular formula is C59H69N9O14. The SMILES string of the molecule is COc1cc2c(cc1OCc1cc(COc3cc4c(cc3C)C(=O)N3C=C(C)C[C@H]3C=N4)cc(-c3cn(CCOCCOCCOCCOCCOCCOCCNC(=O)CCN4C(=O)C=CC4=O)nn3)c1)N=C[C@@H]1CC(C)=CN1C2=O. The summed E-state index contributed by atoms with van der Waals surface area (Å²) < 4.78 is 54.0. The van der Waals surface area contributed by atoms with E-state index in [-0.39, 0.29) is 56.0 Å². The minimum atomic E-state index is -0.409. The van der Waals surface area contributed by atoms with E-state index >= 15 is 0 Å². The number of rotatable bonds is 32. The summed E-state index contributed by atoms with van der Waals surface area (Å²) in [5.41, 5.74) is 8.14. The monoisotopic (exact) mass is 1130 g/mol. The van der Waals surface area contributed by atoms with Gasteiger partial charge in [-0.05, 0) is 80.6 Å². The standard InChI is InChI=1S/C59H69N9O14/c1-39-23-45-32-61-49-30-52(41(3)25-47(49)58(72)67(45)34-39)81-37-42-26-43(38-82-54-31-50-48(29-53(54)74-4)59(73)68-35-40(2)24-46(68)33-62-50)28-44(27-42)51-36-65(64-63-51)10-12-76-14-16-78-18-20-80-22-21-79-19-17-77-15-13-75-11-8-60-55(69)7-9-66-56(70)5-6-57(66)71/h5-6,25-36,45-46H,7-24,37-38H2,1-4H3,(H,60,69)/t45-,46-/m0/s1. The number of carbonyl (C=O) groups excluding carboxylic acids is 5. The van der Waals surface area contributed by atoms with Crippen LogP contribution in [0.15, 0.2) is 94.3 Å². The van der Waals surface area contributed by atoms with E-state index in [1.54, 1.807) is 33.7 Å². The topological polar surface area (TPSA) is 246 Å². The predicted octanol–water partition coefficient (Wildman–Crippen LogP) is 5.62. The molecular weight excluding hydrogens is 1060 g/mol. The van der Waals surface area contributed by atoms with E-state index in [2.05, 4.69) is 15.6 Å². The molecule has 0 fully saturated rings. The van der Waals surface area contributed by atoms with Crippen molar-refractivity contribution in [3.8, 4) is 28.5 Å². The number of amides is 5. The fraction of sp³-hybridized carbons (Fsp3) is 0.441. The van der Waals surface area contributed by atoms with Gasteiger partial charge in [-0.1, -0.05) is 16.4 Å². The molecule has 0 unspecified atom stereocenters. The third-order valence-electron chi connectivity index (χ3n) is 13.8. The summed E-state index contributed by atoms with van der Waals surface area (Å²) in [7, 11) is 1.54. The molecule has 6 heterocycles. The number of nitrogens with one attached hydrogen (secondary N) is 1. The Balaban J connectivity index is 0.694. The highest BCUT2D eigenvalue weighted by atomic mass is 16.6. The number of fused-ring (bicyclic) bond motifs is 4. The van der Waals surface area contributed by atoms with Crippen molar-refractivity contribution in [2.75, 3.05) is 99.5 Å². The van der Waals surface area contributed by atoms with Gasteiger partial charge in [-0.25, -0.2) is 4.68 Å². The first-order valence-corrected chi connectivity index (χ1v) is 27.4. The van der Waals surface area contributed by atoms with E-state index in [1.807, 2.05) is 82.1 Å². The van der Waals surface area contributed by atoms with Crippen LogP contribution < -0.4 is 19.5 Å². The molecule has 0 spiro atoms. The second-order valence-corrected chi connectivity index (χ2v) is 20.0. The summed E-state index contributed by atoms with van der Waals surface area (Å²) in [6, 6.07) is 12.8. The van der Waals surface area contributed by atoms with E-state index in [1.165, 1.54) is 12.2 Å². The van der Waals surface area contributed by atoms with Crippen LogP contribution in [0.2, 0.25) is 0 Å². The lowest BCUT2D eigenvalue weighted by molar-refractivity contribution is -0.137. The van der Waals surface area contributed by atoms with E-state index in [0.717, 1.165) is 51.1 Å². The number of aromatic nitrogens is 3. The van der Waals surface area contributed by atoms with Crippen LogP contribution in [0, 0.1) is 6.92 Å². The first-order chi connectivity index (χ1) is 39.9. The zero-order chi connectivity index (χ0) is 57.4. The number of aliphatic imine (C=N–C) groups is 2. The summed E-state index contributed by atoms with van der Waals surface area (Å²) in [5, 5.41) is 11.6. The van der Waals surface area contributed by atoms with Gasteiger partial charge in [0.15, 0.2) is 11.5 Å². The number of ether oxygens (including phenoxy) is 9. The molecule has 5 aliphatic heterocycles. The lowest BCUT2D eigenvalue weighted by Gasteiger charge is -2.19. The second-order valence-electron chi connectivity index (χ2n) is 20.0. The largest absolute Gasteiger partial charge is 0.493 e. The summed E-state index contributed by atoms with van der Waals surface area (Å²) in [6.07, 6.45) is 13.2. The Labute approximate surface area is 475 Å². The van der Waals surface area contributed by atoms with Gasteiger partial charge in [0.25, 0.3) is 23.6 Å². The molecule has 5 amide bonds. The van der Waals surface area contributed by atoms with Crippen LogP contribution in [0.5, 0.6) is 17.2 Å². The Hall–Kier alpha value is -7.93. The normalized spacial score (nSPS) is 17.0. The van der Waals surface area contributed by atoms with Crippen LogP contribution in [-0.2, 0) is 62.6 Å². The zero-order valence-electron chi connectivity index (χ0n) is 46.7. The lowest BCUT2D eigenvalue weighted by Crippen LogP contribution is -2.35. The van der Waals surface area contributed by atoms with Crippen molar-refractivity contribution in [1.29, 1.82) is 0 Å². The maximum Gasteiger partial charge on any atom is 0.260 e. The first kappa shape index (κ1) is 58.7. The minimum Gasteiger partial charge on any atom is -0.493 e. The van der Waals surface area contributed by atoms with Crippen molar-refractivity contribution in [1.82, 2.24) is 35.0 Å². The fourth-order valence-corrected chi connectivity index (χ4v) is 9.63. The van der Waals surface area contributed by atoms with Gasteiger partial charge < -0.3 is 57.7 Å². The molecule has 23 heteroatoms. The van der Waals surface area contributed by atoms with Crippen molar-refractivity contribution in [2.24, 2.45) is 9.98 Å². The molecule has 1 aromatic heterocycles. The highest BCUT2D eigenvalue weighted by Gasteiger charge is 2.33.